The van der Waals surface area contributed by atoms with Crippen molar-refractivity contribution in [3.8, 4) is 0 Å². The lowest BCUT2D eigenvalue weighted by Gasteiger charge is -2.43. The highest BCUT2D eigenvalue weighted by Gasteiger charge is 2.46. The number of benzene rings is 1. The van der Waals surface area contributed by atoms with Crippen LogP contribution in [0.3, 0.4) is 0 Å². The fraction of sp³-hybridized carbons (Fsp3) is 0.526. The molecule has 0 saturated heterocycles. The third kappa shape index (κ3) is 4.21. The van der Waals surface area contributed by atoms with Gasteiger partial charge in [-0.25, -0.2) is 0 Å². The predicted octanol–water partition coefficient (Wildman–Crippen LogP) is 1.16. The van der Waals surface area contributed by atoms with Crippen LogP contribution in [0.1, 0.15) is 15.9 Å². The molecule has 0 saturated carbocycles. The molecule has 0 fully saturated rings. The Morgan fingerprint density at radius 1 is 0.852 bits per heavy atom. The summed E-state index contributed by atoms with van der Waals surface area (Å²) in [5, 5.41) is 3.02. The Balaban J connectivity index is 2.01. The van der Waals surface area contributed by atoms with Crippen molar-refractivity contribution < 1.29 is 33.2 Å². The highest BCUT2D eigenvalue weighted by Crippen LogP contribution is 2.36. The standard InChI is InChI=1S/C19H25NO7/c1-22-9-25-15-8-14-12-6-4-5-7-13(12)19(21)20-16(14)18(27-11-24-3)17(15)26-10-23-2/h4-8,15-18H,9-11H2,1-3H3,(H,20,21)/t15-,16+,17-,18-/m1/s1. The van der Waals surface area contributed by atoms with Crippen LogP contribution in [0.5, 0.6) is 0 Å². The molecule has 8 heteroatoms. The molecular weight excluding hydrogens is 354 g/mol. The van der Waals surface area contributed by atoms with Crippen LogP contribution < -0.4 is 5.32 Å². The number of ether oxygens (including phenoxy) is 6. The van der Waals surface area contributed by atoms with Crippen molar-refractivity contribution in [3.05, 3.63) is 41.5 Å². The molecular formula is C19H25NO7. The van der Waals surface area contributed by atoms with E-state index in [0.717, 1.165) is 11.1 Å². The summed E-state index contributed by atoms with van der Waals surface area (Å²) in [6.07, 6.45) is 0.458. The smallest absolute Gasteiger partial charge is 0.252 e. The first-order chi connectivity index (χ1) is 13.2. The van der Waals surface area contributed by atoms with Gasteiger partial charge >= 0.3 is 0 Å². The minimum Gasteiger partial charge on any atom is -0.359 e. The van der Waals surface area contributed by atoms with Crippen LogP contribution in [0.2, 0.25) is 0 Å². The van der Waals surface area contributed by atoms with Crippen molar-refractivity contribution in [3.63, 3.8) is 0 Å². The minimum absolute atomic E-state index is 0.0514. The van der Waals surface area contributed by atoms with E-state index in [1.54, 1.807) is 20.3 Å². The van der Waals surface area contributed by atoms with Crippen molar-refractivity contribution >= 4 is 11.5 Å². The van der Waals surface area contributed by atoms with Crippen molar-refractivity contribution in [2.24, 2.45) is 0 Å². The predicted molar refractivity (Wildman–Crippen MR) is 95.9 cm³/mol. The molecule has 0 unspecified atom stereocenters. The molecule has 1 aromatic rings. The average molecular weight is 379 g/mol. The number of amides is 1. The number of methoxy groups -OCH3 is 3. The van der Waals surface area contributed by atoms with Crippen LogP contribution in [0.15, 0.2) is 30.3 Å². The molecule has 1 aromatic carbocycles. The lowest BCUT2D eigenvalue weighted by Crippen LogP contribution is -2.59. The van der Waals surface area contributed by atoms with Gasteiger partial charge in [-0.15, -0.1) is 0 Å². The second-order valence-electron chi connectivity index (χ2n) is 6.23. The summed E-state index contributed by atoms with van der Waals surface area (Å²) in [6, 6.07) is 7.06. The van der Waals surface area contributed by atoms with Crippen molar-refractivity contribution in [2.45, 2.75) is 24.4 Å². The lowest BCUT2D eigenvalue weighted by molar-refractivity contribution is -0.202. The molecule has 0 aromatic heterocycles. The Bertz CT molecular complexity index is 678. The van der Waals surface area contributed by atoms with Crippen LogP contribution in [-0.4, -0.2) is 72.0 Å². The summed E-state index contributed by atoms with van der Waals surface area (Å²) in [5.41, 5.74) is 2.39. The number of carbonyl (C=O) groups excluding carboxylic acids is 1. The summed E-state index contributed by atoms with van der Waals surface area (Å²) in [7, 11) is 4.63. The van der Waals surface area contributed by atoms with Gasteiger partial charge in [-0.1, -0.05) is 18.2 Å². The number of hydrogen-bond donors (Lipinski definition) is 1. The number of rotatable bonds is 9. The highest BCUT2D eigenvalue weighted by molar-refractivity contribution is 6.04. The van der Waals surface area contributed by atoms with E-state index in [2.05, 4.69) is 5.32 Å². The Hall–Kier alpha value is -1.81. The van der Waals surface area contributed by atoms with Gasteiger partial charge in [0.1, 0.15) is 38.7 Å². The Labute approximate surface area is 158 Å². The van der Waals surface area contributed by atoms with Gasteiger partial charge in [-0.2, -0.15) is 0 Å². The summed E-state index contributed by atoms with van der Waals surface area (Å²) in [6.45, 7) is 0.206. The van der Waals surface area contributed by atoms with Crippen LogP contribution in [0.25, 0.3) is 5.57 Å². The molecule has 2 aliphatic rings. The third-order valence-electron chi connectivity index (χ3n) is 4.56. The third-order valence-corrected chi connectivity index (χ3v) is 4.56. The van der Waals surface area contributed by atoms with Crippen LogP contribution >= 0.6 is 0 Å². The van der Waals surface area contributed by atoms with Crippen molar-refractivity contribution in [2.75, 3.05) is 41.7 Å². The van der Waals surface area contributed by atoms with E-state index in [9.17, 15) is 4.79 Å². The Kier molecular flexibility index (Phi) is 6.95. The number of carbonyl (C=O) groups is 1. The second-order valence-corrected chi connectivity index (χ2v) is 6.23. The average Bonchev–Trinajstić information content (AvgIpc) is 2.69. The van der Waals surface area contributed by atoms with E-state index in [1.807, 2.05) is 24.3 Å². The summed E-state index contributed by atoms with van der Waals surface area (Å²) in [4.78, 5) is 12.6. The number of fused-ring (bicyclic) bond motifs is 3. The zero-order valence-electron chi connectivity index (χ0n) is 15.7. The van der Waals surface area contributed by atoms with Gasteiger partial charge in [0.2, 0.25) is 0 Å². The first kappa shape index (κ1) is 19.9. The normalized spacial score (nSPS) is 26.8. The molecule has 1 aliphatic carbocycles. The van der Waals surface area contributed by atoms with E-state index < -0.39 is 24.4 Å². The molecule has 4 atom stereocenters. The molecule has 0 spiro atoms. The van der Waals surface area contributed by atoms with E-state index in [4.69, 9.17) is 28.4 Å². The second kappa shape index (κ2) is 9.41. The first-order valence-electron chi connectivity index (χ1n) is 8.64. The van der Waals surface area contributed by atoms with E-state index in [0.29, 0.717) is 5.56 Å². The summed E-state index contributed by atoms with van der Waals surface area (Å²) < 4.78 is 32.8. The number of nitrogens with one attached hydrogen (secondary N) is 1. The minimum atomic E-state index is -0.528. The fourth-order valence-electron chi connectivity index (χ4n) is 3.46. The molecule has 0 bridgehead atoms. The largest absolute Gasteiger partial charge is 0.359 e. The van der Waals surface area contributed by atoms with Gasteiger partial charge in [-0.3, -0.25) is 4.79 Å². The molecule has 8 nitrogen and oxygen atoms in total. The molecule has 3 rings (SSSR count). The maximum atomic E-state index is 12.6. The van der Waals surface area contributed by atoms with Crippen molar-refractivity contribution in [1.82, 2.24) is 5.32 Å². The van der Waals surface area contributed by atoms with Gasteiger partial charge in [0.05, 0.1) is 6.04 Å². The van der Waals surface area contributed by atoms with E-state index in [-0.39, 0.29) is 26.3 Å². The van der Waals surface area contributed by atoms with Crippen molar-refractivity contribution in [1.29, 1.82) is 0 Å². The van der Waals surface area contributed by atoms with Gasteiger partial charge in [0, 0.05) is 26.9 Å². The molecule has 1 aliphatic heterocycles. The SMILES string of the molecule is COCO[C@H]1[C@H](OCOC)[C@H]2NC(=O)c3ccccc3C2=C[C@H]1OCOC. The van der Waals surface area contributed by atoms with Gasteiger partial charge in [0.15, 0.2) is 0 Å². The molecule has 1 heterocycles. The van der Waals surface area contributed by atoms with Crippen LogP contribution in [0.4, 0.5) is 0 Å². The monoisotopic (exact) mass is 379 g/mol. The maximum Gasteiger partial charge on any atom is 0.252 e. The zero-order valence-corrected chi connectivity index (χ0v) is 15.7. The molecule has 27 heavy (non-hydrogen) atoms. The molecule has 1 N–H and O–H groups in total. The molecule has 148 valence electrons. The highest BCUT2D eigenvalue weighted by atomic mass is 16.7. The van der Waals surface area contributed by atoms with Crippen LogP contribution in [-0.2, 0) is 28.4 Å². The molecule has 0 radical (unpaired) electrons. The topological polar surface area (TPSA) is 84.5 Å². The van der Waals surface area contributed by atoms with E-state index >= 15 is 0 Å². The van der Waals surface area contributed by atoms with Crippen LogP contribution in [0, 0.1) is 0 Å². The molecule has 1 amide bonds. The van der Waals surface area contributed by atoms with Gasteiger partial charge < -0.3 is 33.7 Å². The number of hydrogen-bond acceptors (Lipinski definition) is 7. The van der Waals surface area contributed by atoms with Gasteiger partial charge in [0.25, 0.3) is 5.91 Å². The van der Waals surface area contributed by atoms with Gasteiger partial charge in [-0.05, 0) is 23.3 Å². The maximum absolute atomic E-state index is 12.6. The Morgan fingerprint density at radius 2 is 1.44 bits per heavy atom. The van der Waals surface area contributed by atoms with E-state index in [1.165, 1.54) is 7.11 Å². The zero-order chi connectivity index (χ0) is 19.2. The Morgan fingerprint density at radius 3 is 2.11 bits per heavy atom. The summed E-state index contributed by atoms with van der Waals surface area (Å²) in [5.74, 6) is -0.152. The quantitative estimate of drug-likeness (QED) is 0.645. The first-order valence-corrected chi connectivity index (χ1v) is 8.64. The fourth-order valence-corrected chi connectivity index (χ4v) is 3.46. The lowest BCUT2D eigenvalue weighted by atomic mass is 9.79. The summed E-state index contributed by atoms with van der Waals surface area (Å²) >= 11 is 0.